The van der Waals surface area contributed by atoms with Crippen molar-refractivity contribution in [1.29, 1.82) is 0 Å². The van der Waals surface area contributed by atoms with Crippen molar-refractivity contribution in [2.24, 2.45) is 0 Å². The van der Waals surface area contributed by atoms with Gasteiger partial charge in [-0.2, -0.15) is 0 Å². The molecular weight excluding hydrogens is 282 g/mol. The van der Waals surface area contributed by atoms with Crippen LogP contribution in [0.15, 0.2) is 0 Å². The fraction of sp³-hybridized carbons (Fsp3) is 0.875. The van der Waals surface area contributed by atoms with Gasteiger partial charge in [0.1, 0.15) is 0 Å². The molecule has 6 nitrogen and oxygen atoms in total. The van der Waals surface area contributed by atoms with Gasteiger partial charge in [-0.15, -0.1) is 0 Å². The first-order chi connectivity index (χ1) is 10.5. The zero-order valence-corrected chi connectivity index (χ0v) is 13.8. The molecule has 2 fully saturated rings. The van der Waals surface area contributed by atoms with Crippen molar-refractivity contribution < 1.29 is 14.7 Å². The minimum absolute atomic E-state index is 0.0780. The van der Waals surface area contributed by atoms with Crippen molar-refractivity contribution in [3.05, 3.63) is 0 Å². The van der Waals surface area contributed by atoms with Crippen LogP contribution in [0.25, 0.3) is 0 Å². The van der Waals surface area contributed by atoms with Crippen molar-refractivity contribution in [1.82, 2.24) is 14.7 Å². The van der Waals surface area contributed by atoms with Crippen LogP contribution in [0.1, 0.15) is 39.5 Å². The number of hydrogen-bond acceptors (Lipinski definition) is 4. The number of carbonyl (C=O) groups excluding carboxylic acids is 2. The molecule has 2 amide bonds. The lowest BCUT2D eigenvalue weighted by Crippen LogP contribution is -2.52. The number of piperidine rings is 1. The second-order valence-electron chi connectivity index (χ2n) is 6.60. The lowest BCUT2D eigenvalue weighted by molar-refractivity contribution is -0.138. The maximum Gasteiger partial charge on any atom is 0.224 e. The van der Waals surface area contributed by atoms with Crippen LogP contribution < -0.4 is 0 Å². The maximum absolute atomic E-state index is 12.5. The summed E-state index contributed by atoms with van der Waals surface area (Å²) in [7, 11) is 0. The van der Waals surface area contributed by atoms with Crippen LogP contribution in [-0.4, -0.2) is 83.0 Å². The summed E-state index contributed by atoms with van der Waals surface area (Å²) in [5.74, 6) is 0.245. The molecule has 0 unspecified atom stereocenters. The van der Waals surface area contributed by atoms with Gasteiger partial charge in [0.05, 0.1) is 6.10 Å². The molecule has 0 aromatic heterocycles. The molecule has 2 saturated heterocycles. The van der Waals surface area contributed by atoms with E-state index in [1.165, 1.54) is 0 Å². The first-order valence-electron chi connectivity index (χ1n) is 8.42. The van der Waals surface area contributed by atoms with Gasteiger partial charge in [0.15, 0.2) is 0 Å². The van der Waals surface area contributed by atoms with Crippen LogP contribution in [-0.2, 0) is 9.59 Å². The SMILES string of the molecule is CC(=O)N1CCCC[C@@H]1CC(=O)N1CCN(C[C@H](C)O)CC1. The van der Waals surface area contributed by atoms with Gasteiger partial charge in [0.2, 0.25) is 11.8 Å². The Morgan fingerprint density at radius 3 is 2.41 bits per heavy atom. The smallest absolute Gasteiger partial charge is 0.224 e. The van der Waals surface area contributed by atoms with Crippen molar-refractivity contribution in [2.75, 3.05) is 39.3 Å². The second-order valence-corrected chi connectivity index (χ2v) is 6.60. The number of rotatable bonds is 4. The molecule has 22 heavy (non-hydrogen) atoms. The van der Waals surface area contributed by atoms with Gasteiger partial charge in [-0.05, 0) is 26.2 Å². The van der Waals surface area contributed by atoms with Crippen LogP contribution in [0.5, 0.6) is 0 Å². The molecule has 0 saturated carbocycles. The Morgan fingerprint density at radius 2 is 1.82 bits per heavy atom. The van der Waals surface area contributed by atoms with Gasteiger partial charge in [0, 0.05) is 58.7 Å². The molecule has 2 aliphatic rings. The third-order valence-electron chi connectivity index (χ3n) is 4.69. The predicted molar refractivity (Wildman–Crippen MR) is 84.3 cm³/mol. The summed E-state index contributed by atoms with van der Waals surface area (Å²) in [4.78, 5) is 30.1. The van der Waals surface area contributed by atoms with Gasteiger partial charge >= 0.3 is 0 Å². The van der Waals surface area contributed by atoms with Gasteiger partial charge in [-0.3, -0.25) is 14.5 Å². The first kappa shape index (κ1) is 17.2. The molecule has 0 spiro atoms. The molecule has 126 valence electrons. The lowest BCUT2D eigenvalue weighted by atomic mass is 9.98. The molecule has 2 atom stereocenters. The van der Waals surface area contributed by atoms with E-state index in [1.807, 2.05) is 9.80 Å². The molecule has 6 heteroatoms. The number of hydrogen-bond donors (Lipinski definition) is 1. The standard InChI is InChI=1S/C16H29N3O3/c1-13(20)12-17-7-9-18(10-8-17)16(22)11-15-5-3-4-6-19(15)14(2)21/h13,15,20H,3-12H2,1-2H3/t13-,15+/m0/s1. The lowest BCUT2D eigenvalue weighted by Gasteiger charge is -2.38. The second kappa shape index (κ2) is 7.92. The van der Waals surface area contributed by atoms with E-state index < -0.39 is 0 Å². The summed E-state index contributed by atoms with van der Waals surface area (Å²) in [6.45, 7) is 7.92. The largest absolute Gasteiger partial charge is 0.392 e. The third kappa shape index (κ3) is 4.68. The van der Waals surface area contributed by atoms with Crippen LogP contribution in [0, 0.1) is 0 Å². The van der Waals surface area contributed by atoms with Crippen LogP contribution in [0.2, 0.25) is 0 Å². The highest BCUT2D eigenvalue weighted by Gasteiger charge is 2.29. The molecule has 2 rings (SSSR count). The van der Waals surface area contributed by atoms with Crippen LogP contribution in [0.4, 0.5) is 0 Å². The maximum atomic E-state index is 12.5. The van der Waals surface area contributed by atoms with E-state index >= 15 is 0 Å². The molecule has 0 aromatic rings. The van der Waals surface area contributed by atoms with Crippen molar-refractivity contribution in [3.8, 4) is 0 Å². The topological polar surface area (TPSA) is 64.1 Å². The van der Waals surface area contributed by atoms with E-state index in [0.717, 1.165) is 52.0 Å². The number of carbonyl (C=O) groups is 2. The molecule has 0 aromatic carbocycles. The summed E-state index contributed by atoms with van der Waals surface area (Å²) in [5, 5.41) is 9.42. The molecule has 1 N–H and O–H groups in total. The highest BCUT2D eigenvalue weighted by molar-refractivity contribution is 5.79. The number of amides is 2. The average Bonchev–Trinajstić information content (AvgIpc) is 2.47. The number of aliphatic hydroxyl groups excluding tert-OH is 1. The Bertz CT molecular complexity index is 392. The molecular formula is C16H29N3O3. The minimum Gasteiger partial charge on any atom is -0.392 e. The Kier molecular flexibility index (Phi) is 6.20. The normalized spacial score (nSPS) is 25.1. The molecule has 0 radical (unpaired) electrons. The van der Waals surface area contributed by atoms with E-state index in [2.05, 4.69) is 4.90 Å². The van der Waals surface area contributed by atoms with E-state index in [9.17, 15) is 14.7 Å². The number of piperazine rings is 1. The van der Waals surface area contributed by atoms with E-state index in [1.54, 1.807) is 13.8 Å². The number of aliphatic hydroxyl groups is 1. The summed E-state index contributed by atoms with van der Waals surface area (Å²) >= 11 is 0. The van der Waals surface area contributed by atoms with Crippen LogP contribution in [0.3, 0.4) is 0 Å². The van der Waals surface area contributed by atoms with E-state index in [-0.39, 0.29) is 24.0 Å². The number of likely N-dealkylation sites (tertiary alicyclic amines) is 1. The van der Waals surface area contributed by atoms with Gasteiger partial charge in [0.25, 0.3) is 0 Å². The van der Waals surface area contributed by atoms with Crippen molar-refractivity contribution >= 4 is 11.8 Å². The summed E-state index contributed by atoms with van der Waals surface area (Å²) in [6, 6.07) is 0.0780. The monoisotopic (exact) mass is 311 g/mol. The highest BCUT2D eigenvalue weighted by Crippen LogP contribution is 2.21. The molecule has 2 aliphatic heterocycles. The molecule has 0 aliphatic carbocycles. The van der Waals surface area contributed by atoms with Gasteiger partial charge in [-0.25, -0.2) is 0 Å². The molecule has 2 heterocycles. The quantitative estimate of drug-likeness (QED) is 0.811. The Hall–Kier alpha value is -1.14. The van der Waals surface area contributed by atoms with Crippen LogP contribution >= 0.6 is 0 Å². The van der Waals surface area contributed by atoms with E-state index in [0.29, 0.717) is 13.0 Å². The van der Waals surface area contributed by atoms with Crippen molar-refractivity contribution in [3.63, 3.8) is 0 Å². The Morgan fingerprint density at radius 1 is 1.14 bits per heavy atom. The summed E-state index contributed by atoms with van der Waals surface area (Å²) in [6.07, 6.45) is 3.21. The summed E-state index contributed by atoms with van der Waals surface area (Å²) in [5.41, 5.74) is 0. The predicted octanol–water partition coefficient (Wildman–Crippen LogP) is 0.303. The number of nitrogens with zero attached hydrogens (tertiary/aromatic N) is 3. The highest BCUT2D eigenvalue weighted by atomic mass is 16.3. The van der Waals surface area contributed by atoms with Gasteiger partial charge in [-0.1, -0.05) is 0 Å². The average molecular weight is 311 g/mol. The Balaban J connectivity index is 1.81. The third-order valence-corrected chi connectivity index (χ3v) is 4.69. The minimum atomic E-state index is -0.325. The zero-order chi connectivity index (χ0) is 16.1. The first-order valence-corrected chi connectivity index (χ1v) is 8.42. The fourth-order valence-electron chi connectivity index (χ4n) is 3.51. The summed E-state index contributed by atoms with van der Waals surface area (Å²) < 4.78 is 0. The van der Waals surface area contributed by atoms with Gasteiger partial charge < -0.3 is 14.9 Å². The van der Waals surface area contributed by atoms with E-state index in [4.69, 9.17) is 0 Å². The van der Waals surface area contributed by atoms with Crippen molar-refractivity contribution in [2.45, 2.75) is 51.7 Å². The fourth-order valence-corrected chi connectivity index (χ4v) is 3.51. The number of β-amino-alcohol motifs (C(OH)–C–C–N with tert-alkyl or cyclic N) is 1. The zero-order valence-electron chi connectivity index (χ0n) is 13.8. The molecule has 0 bridgehead atoms. The Labute approximate surface area is 133 Å².